The normalized spacial score (nSPS) is 35.4. The van der Waals surface area contributed by atoms with Gasteiger partial charge in [0.25, 0.3) is 0 Å². The van der Waals surface area contributed by atoms with Crippen molar-refractivity contribution in [2.24, 2.45) is 5.41 Å². The van der Waals surface area contributed by atoms with Crippen LogP contribution in [0.1, 0.15) is 45.4 Å². The van der Waals surface area contributed by atoms with Gasteiger partial charge in [-0.05, 0) is 32.6 Å². The number of carboxylic acid groups (broad SMARTS) is 1. The van der Waals surface area contributed by atoms with Crippen LogP contribution in [0.15, 0.2) is 0 Å². The molecule has 0 aromatic rings. The third-order valence-corrected chi connectivity index (χ3v) is 4.13. The molecule has 0 aromatic heterocycles. The van der Waals surface area contributed by atoms with Crippen LogP contribution >= 0.6 is 0 Å². The Morgan fingerprint density at radius 2 is 2.19 bits per heavy atom. The fourth-order valence-electron chi connectivity index (χ4n) is 3.05. The summed E-state index contributed by atoms with van der Waals surface area (Å²) in [5.41, 5.74) is -0.729. The highest BCUT2D eigenvalue weighted by molar-refractivity contribution is 5.80. The Balaban J connectivity index is 2.19. The summed E-state index contributed by atoms with van der Waals surface area (Å²) in [7, 11) is 0. The summed E-state index contributed by atoms with van der Waals surface area (Å²) in [4.78, 5) is 25.0. The van der Waals surface area contributed by atoms with Gasteiger partial charge in [0.2, 0.25) is 5.91 Å². The molecule has 90 valence electrons. The molecule has 2 fully saturated rings. The Labute approximate surface area is 95.6 Å². The van der Waals surface area contributed by atoms with E-state index in [1.807, 2.05) is 4.90 Å². The summed E-state index contributed by atoms with van der Waals surface area (Å²) < 4.78 is 0. The first kappa shape index (κ1) is 11.4. The number of likely N-dealkylation sites (tertiary alicyclic amines) is 1. The Morgan fingerprint density at radius 1 is 1.44 bits per heavy atom. The van der Waals surface area contributed by atoms with Gasteiger partial charge in [-0.1, -0.05) is 6.42 Å². The molecule has 16 heavy (non-hydrogen) atoms. The van der Waals surface area contributed by atoms with Crippen molar-refractivity contribution in [3.63, 3.8) is 0 Å². The summed E-state index contributed by atoms with van der Waals surface area (Å²) in [6.45, 7) is 2.53. The van der Waals surface area contributed by atoms with Gasteiger partial charge in [-0.3, -0.25) is 9.59 Å². The predicted molar refractivity (Wildman–Crippen MR) is 58.9 cm³/mol. The summed E-state index contributed by atoms with van der Waals surface area (Å²) in [6.07, 6.45) is 5.00. The third-order valence-electron chi connectivity index (χ3n) is 4.13. The molecule has 1 amide bonds. The van der Waals surface area contributed by atoms with Crippen molar-refractivity contribution in [1.29, 1.82) is 0 Å². The summed E-state index contributed by atoms with van der Waals surface area (Å²) >= 11 is 0. The van der Waals surface area contributed by atoms with E-state index >= 15 is 0 Å². The number of piperidine rings is 1. The Hall–Kier alpha value is -1.06. The zero-order valence-corrected chi connectivity index (χ0v) is 9.74. The summed E-state index contributed by atoms with van der Waals surface area (Å²) in [5, 5.41) is 9.32. The molecule has 1 heterocycles. The number of hydrogen-bond donors (Lipinski definition) is 1. The fraction of sp³-hybridized carbons (Fsp3) is 0.833. The van der Waals surface area contributed by atoms with E-state index in [-0.39, 0.29) is 11.9 Å². The second-order valence-corrected chi connectivity index (χ2v) is 5.17. The maximum atomic E-state index is 11.8. The minimum Gasteiger partial charge on any atom is -0.481 e. The number of aliphatic carboxylic acids is 1. The maximum absolute atomic E-state index is 11.8. The molecule has 4 nitrogen and oxygen atoms in total. The van der Waals surface area contributed by atoms with Gasteiger partial charge in [0, 0.05) is 19.0 Å². The third kappa shape index (κ3) is 1.70. The number of carboxylic acids is 1. The lowest BCUT2D eigenvalue weighted by molar-refractivity contribution is -0.154. The molecule has 2 unspecified atom stereocenters. The van der Waals surface area contributed by atoms with E-state index in [1.54, 1.807) is 6.92 Å². The average Bonchev–Trinajstić information content (AvgIpc) is 2.63. The van der Waals surface area contributed by atoms with Gasteiger partial charge in [-0.15, -0.1) is 0 Å². The molecule has 0 radical (unpaired) electrons. The molecule has 4 heteroatoms. The molecule has 1 saturated heterocycles. The van der Waals surface area contributed by atoms with Crippen LogP contribution in [0.2, 0.25) is 0 Å². The first-order valence-corrected chi connectivity index (χ1v) is 6.08. The second kappa shape index (κ2) is 4.07. The molecular weight excluding hydrogens is 206 g/mol. The summed E-state index contributed by atoms with van der Waals surface area (Å²) in [6, 6.07) is -0.0854. The van der Waals surface area contributed by atoms with Crippen LogP contribution in [0.4, 0.5) is 0 Å². The first-order chi connectivity index (χ1) is 7.55. The van der Waals surface area contributed by atoms with Gasteiger partial charge in [0.1, 0.15) is 0 Å². The summed E-state index contributed by atoms with van der Waals surface area (Å²) in [5.74, 6) is -0.612. The zero-order chi connectivity index (χ0) is 11.8. The van der Waals surface area contributed by atoms with E-state index in [0.29, 0.717) is 12.8 Å². The minimum atomic E-state index is -0.756. The van der Waals surface area contributed by atoms with E-state index in [1.165, 1.54) is 0 Å². The molecule has 2 atom stereocenters. The Bertz CT molecular complexity index is 315. The number of carbonyl (C=O) groups excluding carboxylic acids is 1. The molecule has 0 aromatic carbocycles. The quantitative estimate of drug-likeness (QED) is 0.777. The van der Waals surface area contributed by atoms with Crippen LogP contribution in [-0.4, -0.2) is 34.5 Å². The number of hydrogen-bond acceptors (Lipinski definition) is 2. The highest BCUT2D eigenvalue weighted by atomic mass is 16.4. The van der Waals surface area contributed by atoms with Crippen molar-refractivity contribution in [2.75, 3.05) is 6.54 Å². The SMILES string of the molecule is CC1(C(=O)O)CCCC1N1CCCCC1=O. The molecule has 1 saturated carbocycles. The highest BCUT2D eigenvalue weighted by Gasteiger charge is 2.49. The number of amides is 1. The van der Waals surface area contributed by atoms with Crippen molar-refractivity contribution in [1.82, 2.24) is 4.90 Å². The molecule has 1 aliphatic carbocycles. The lowest BCUT2D eigenvalue weighted by Gasteiger charge is -2.39. The van der Waals surface area contributed by atoms with Gasteiger partial charge < -0.3 is 10.0 Å². The number of rotatable bonds is 2. The van der Waals surface area contributed by atoms with Crippen molar-refractivity contribution in [3.8, 4) is 0 Å². The van der Waals surface area contributed by atoms with Crippen LogP contribution in [-0.2, 0) is 9.59 Å². The second-order valence-electron chi connectivity index (χ2n) is 5.17. The van der Waals surface area contributed by atoms with Crippen LogP contribution in [0, 0.1) is 5.41 Å². The smallest absolute Gasteiger partial charge is 0.311 e. The lowest BCUT2D eigenvalue weighted by Crippen LogP contribution is -2.51. The van der Waals surface area contributed by atoms with Crippen LogP contribution in [0.5, 0.6) is 0 Å². The van der Waals surface area contributed by atoms with E-state index in [9.17, 15) is 14.7 Å². The molecule has 1 N–H and O–H groups in total. The predicted octanol–water partition coefficient (Wildman–Crippen LogP) is 1.64. The molecule has 0 spiro atoms. The van der Waals surface area contributed by atoms with E-state index in [4.69, 9.17) is 0 Å². The molecule has 0 bridgehead atoms. The van der Waals surface area contributed by atoms with Gasteiger partial charge in [0.05, 0.1) is 5.41 Å². The van der Waals surface area contributed by atoms with Gasteiger partial charge in [0.15, 0.2) is 0 Å². The first-order valence-electron chi connectivity index (χ1n) is 6.08. The van der Waals surface area contributed by atoms with Gasteiger partial charge in [-0.25, -0.2) is 0 Å². The maximum Gasteiger partial charge on any atom is 0.311 e. The average molecular weight is 225 g/mol. The van der Waals surface area contributed by atoms with Gasteiger partial charge in [-0.2, -0.15) is 0 Å². The molecule has 2 aliphatic rings. The van der Waals surface area contributed by atoms with E-state index < -0.39 is 11.4 Å². The van der Waals surface area contributed by atoms with Crippen LogP contribution < -0.4 is 0 Å². The number of nitrogens with zero attached hydrogens (tertiary/aromatic N) is 1. The van der Waals surface area contributed by atoms with Crippen LogP contribution in [0.3, 0.4) is 0 Å². The minimum absolute atomic E-state index is 0.0854. The van der Waals surface area contributed by atoms with Crippen molar-refractivity contribution >= 4 is 11.9 Å². The van der Waals surface area contributed by atoms with Crippen molar-refractivity contribution in [3.05, 3.63) is 0 Å². The molecule has 2 rings (SSSR count). The standard InChI is InChI=1S/C12H19NO3/c1-12(11(15)16)7-4-5-9(12)13-8-3-2-6-10(13)14/h9H,2-8H2,1H3,(H,15,16). The van der Waals surface area contributed by atoms with E-state index in [2.05, 4.69) is 0 Å². The van der Waals surface area contributed by atoms with Gasteiger partial charge >= 0.3 is 5.97 Å². The highest BCUT2D eigenvalue weighted by Crippen LogP contribution is 2.42. The monoisotopic (exact) mass is 225 g/mol. The molecular formula is C12H19NO3. The van der Waals surface area contributed by atoms with E-state index in [0.717, 1.165) is 32.2 Å². The van der Waals surface area contributed by atoms with Crippen LogP contribution in [0.25, 0.3) is 0 Å². The Morgan fingerprint density at radius 3 is 2.81 bits per heavy atom. The Kier molecular flexibility index (Phi) is 2.91. The van der Waals surface area contributed by atoms with Crippen molar-refractivity contribution in [2.45, 2.75) is 51.5 Å². The largest absolute Gasteiger partial charge is 0.481 e. The lowest BCUT2D eigenvalue weighted by atomic mass is 9.83. The molecule has 1 aliphatic heterocycles. The van der Waals surface area contributed by atoms with Crippen molar-refractivity contribution < 1.29 is 14.7 Å². The topological polar surface area (TPSA) is 57.6 Å². The fourth-order valence-corrected chi connectivity index (χ4v) is 3.05. The number of carbonyl (C=O) groups is 2. The zero-order valence-electron chi connectivity index (χ0n) is 9.74.